The Morgan fingerprint density at radius 1 is 1.23 bits per heavy atom. The highest BCUT2D eigenvalue weighted by atomic mass is 32.2. The highest BCUT2D eigenvalue weighted by Crippen LogP contribution is 2.36. The van der Waals surface area contributed by atoms with Crippen LogP contribution in [0.15, 0.2) is 27.9 Å². The van der Waals surface area contributed by atoms with Crippen LogP contribution in [0.25, 0.3) is 11.0 Å². The molecule has 4 unspecified atom stereocenters. The van der Waals surface area contributed by atoms with Crippen molar-refractivity contribution in [2.75, 3.05) is 0 Å². The molecule has 3 heterocycles. The lowest BCUT2D eigenvalue weighted by Crippen LogP contribution is -2.36. The molecule has 0 amide bonds. The highest BCUT2D eigenvalue weighted by molar-refractivity contribution is 8.00. The van der Waals surface area contributed by atoms with Crippen molar-refractivity contribution in [1.82, 2.24) is 24.7 Å². The molecule has 31 heavy (non-hydrogen) atoms. The van der Waals surface area contributed by atoms with Crippen LogP contribution >= 0.6 is 11.8 Å². The smallest absolute Gasteiger partial charge is 0.331 e. The topological polar surface area (TPSA) is 106 Å². The van der Waals surface area contributed by atoms with E-state index in [0.717, 1.165) is 25.7 Å². The SMILES string of the molecule is CC1CCC(Cn2c(=O)n(C3NNC(C)S3)c3cc(S(=O)(=O)NC4(C)CC4)ccc32)O1. The Morgan fingerprint density at radius 2 is 2.00 bits per heavy atom. The highest BCUT2D eigenvalue weighted by Gasteiger charge is 2.41. The molecule has 0 spiro atoms. The van der Waals surface area contributed by atoms with Gasteiger partial charge in [-0.3, -0.25) is 9.13 Å². The van der Waals surface area contributed by atoms with Gasteiger partial charge in [-0.1, -0.05) is 11.8 Å². The quantitative estimate of drug-likeness (QED) is 0.595. The van der Waals surface area contributed by atoms with E-state index in [1.807, 2.05) is 20.8 Å². The van der Waals surface area contributed by atoms with E-state index in [2.05, 4.69) is 15.6 Å². The number of aromatic nitrogens is 2. The summed E-state index contributed by atoms with van der Waals surface area (Å²) in [6.45, 7) is 6.41. The largest absolute Gasteiger partial charge is 0.373 e. The Hall–Kier alpha value is -1.37. The van der Waals surface area contributed by atoms with Crippen LogP contribution in [-0.4, -0.2) is 40.7 Å². The van der Waals surface area contributed by atoms with Crippen LogP contribution in [0, 0.1) is 0 Å². The van der Waals surface area contributed by atoms with Gasteiger partial charge in [0, 0.05) is 5.54 Å². The van der Waals surface area contributed by atoms with Crippen LogP contribution in [0.4, 0.5) is 0 Å². The Kier molecular flexibility index (Phi) is 5.26. The predicted octanol–water partition coefficient (Wildman–Crippen LogP) is 1.84. The maximum atomic E-state index is 13.5. The van der Waals surface area contributed by atoms with Gasteiger partial charge < -0.3 is 4.74 Å². The number of thioether (sulfide) groups is 1. The van der Waals surface area contributed by atoms with Gasteiger partial charge in [-0.2, -0.15) is 0 Å². The number of benzene rings is 1. The molecule has 3 fully saturated rings. The number of nitrogens with one attached hydrogen (secondary N) is 3. The van der Waals surface area contributed by atoms with Gasteiger partial charge in [0.25, 0.3) is 0 Å². The summed E-state index contributed by atoms with van der Waals surface area (Å²) in [7, 11) is -3.67. The standard InChI is InChI=1S/C20H29N5O4S2/c1-12-4-5-14(29-12)11-24-16-7-6-15(31(27,28)23-20(3)8-9-20)10-17(16)25(19(24)26)18-22-21-13(2)30-18/h6-7,10,12-14,18,21-23H,4-5,8-9,11H2,1-3H3. The Labute approximate surface area is 185 Å². The van der Waals surface area contributed by atoms with E-state index in [1.54, 1.807) is 39.1 Å². The van der Waals surface area contributed by atoms with Crippen LogP contribution in [0.1, 0.15) is 52.0 Å². The van der Waals surface area contributed by atoms with Crippen LogP contribution in [0.2, 0.25) is 0 Å². The average molecular weight is 468 g/mol. The summed E-state index contributed by atoms with van der Waals surface area (Å²) < 4.78 is 38.0. The van der Waals surface area contributed by atoms with Gasteiger partial charge in [0.1, 0.15) is 0 Å². The zero-order valence-corrected chi connectivity index (χ0v) is 19.6. The van der Waals surface area contributed by atoms with Crippen molar-refractivity contribution in [2.24, 2.45) is 0 Å². The summed E-state index contributed by atoms with van der Waals surface area (Å²) in [5.41, 5.74) is 6.71. The normalized spacial score (nSPS) is 30.3. The number of sulfonamides is 1. The molecule has 2 aromatic rings. The third kappa shape index (κ3) is 4.07. The third-order valence-electron chi connectivity index (χ3n) is 6.31. The molecule has 0 bridgehead atoms. The molecular formula is C20H29N5O4S2. The molecule has 4 atom stereocenters. The Balaban J connectivity index is 1.59. The molecule has 2 aliphatic heterocycles. The minimum atomic E-state index is -3.67. The molecular weight excluding hydrogens is 438 g/mol. The number of ether oxygens (including phenoxy) is 1. The molecule has 1 aromatic carbocycles. The lowest BCUT2D eigenvalue weighted by atomic mass is 10.2. The second-order valence-corrected chi connectivity index (χ2v) is 12.3. The fourth-order valence-electron chi connectivity index (χ4n) is 4.30. The summed E-state index contributed by atoms with van der Waals surface area (Å²) in [6, 6.07) is 4.95. The van der Waals surface area contributed by atoms with Gasteiger partial charge in [-0.05, 0) is 64.7 Å². The first-order valence-electron chi connectivity index (χ1n) is 10.8. The number of fused-ring (bicyclic) bond motifs is 1. The number of rotatable bonds is 6. The number of hydrogen-bond acceptors (Lipinski definition) is 7. The minimum Gasteiger partial charge on any atom is -0.373 e. The summed E-state index contributed by atoms with van der Waals surface area (Å²) in [5, 5.41) is 0.123. The van der Waals surface area contributed by atoms with Crippen LogP contribution in [0.5, 0.6) is 0 Å². The average Bonchev–Trinajstić information content (AvgIpc) is 3.03. The number of hydrogen-bond donors (Lipinski definition) is 3. The molecule has 3 N–H and O–H groups in total. The fourth-order valence-corrected chi connectivity index (χ4v) is 6.77. The van der Waals surface area contributed by atoms with Gasteiger partial charge in [-0.15, -0.1) is 0 Å². The lowest BCUT2D eigenvalue weighted by molar-refractivity contribution is 0.0458. The third-order valence-corrected chi connectivity index (χ3v) is 9.06. The fraction of sp³-hybridized carbons (Fsp3) is 0.650. The van der Waals surface area contributed by atoms with Gasteiger partial charge >= 0.3 is 5.69 Å². The number of imidazole rings is 1. The van der Waals surface area contributed by atoms with Crippen molar-refractivity contribution in [3.63, 3.8) is 0 Å². The van der Waals surface area contributed by atoms with Gasteiger partial charge in [-0.25, -0.2) is 28.8 Å². The summed E-state index contributed by atoms with van der Waals surface area (Å²) in [5.74, 6) is 0. The van der Waals surface area contributed by atoms with Crippen molar-refractivity contribution in [2.45, 2.75) is 86.5 Å². The molecule has 1 saturated carbocycles. The first kappa shape index (κ1) is 21.5. The monoisotopic (exact) mass is 467 g/mol. The molecule has 1 aliphatic carbocycles. The Morgan fingerprint density at radius 3 is 2.61 bits per heavy atom. The van der Waals surface area contributed by atoms with Crippen molar-refractivity contribution >= 4 is 32.8 Å². The van der Waals surface area contributed by atoms with E-state index in [9.17, 15) is 13.2 Å². The molecule has 2 saturated heterocycles. The van der Waals surface area contributed by atoms with Crippen molar-refractivity contribution < 1.29 is 13.2 Å². The molecule has 0 radical (unpaired) electrons. The summed E-state index contributed by atoms with van der Waals surface area (Å²) in [4.78, 5) is 13.7. The van der Waals surface area contributed by atoms with Gasteiger partial charge in [0.2, 0.25) is 10.0 Å². The van der Waals surface area contributed by atoms with Crippen molar-refractivity contribution in [3.8, 4) is 0 Å². The summed E-state index contributed by atoms with van der Waals surface area (Å²) >= 11 is 1.57. The van der Waals surface area contributed by atoms with Crippen LogP contribution < -0.4 is 21.3 Å². The zero-order valence-electron chi connectivity index (χ0n) is 17.9. The van der Waals surface area contributed by atoms with Crippen LogP contribution in [-0.2, 0) is 21.3 Å². The van der Waals surface area contributed by atoms with Crippen molar-refractivity contribution in [1.29, 1.82) is 0 Å². The maximum absolute atomic E-state index is 13.5. The molecule has 11 heteroatoms. The van der Waals surface area contributed by atoms with E-state index in [-0.39, 0.29) is 39.2 Å². The zero-order chi connectivity index (χ0) is 22.0. The molecule has 9 nitrogen and oxygen atoms in total. The second kappa shape index (κ2) is 7.60. The van der Waals surface area contributed by atoms with E-state index in [4.69, 9.17) is 4.74 Å². The molecule has 5 rings (SSSR count). The molecule has 170 valence electrons. The first-order chi connectivity index (χ1) is 14.7. The van der Waals surface area contributed by atoms with E-state index >= 15 is 0 Å². The second-order valence-electron chi connectivity index (χ2n) is 9.15. The first-order valence-corrected chi connectivity index (χ1v) is 13.2. The predicted molar refractivity (Wildman–Crippen MR) is 120 cm³/mol. The lowest BCUT2D eigenvalue weighted by Gasteiger charge is -2.14. The van der Waals surface area contributed by atoms with E-state index < -0.39 is 10.0 Å². The van der Waals surface area contributed by atoms with Gasteiger partial charge in [0.05, 0.1) is 40.1 Å². The Bertz CT molecular complexity index is 1170. The molecule has 1 aromatic heterocycles. The minimum absolute atomic E-state index is 0.0205. The van der Waals surface area contributed by atoms with Crippen molar-refractivity contribution in [3.05, 3.63) is 28.7 Å². The van der Waals surface area contributed by atoms with Crippen LogP contribution in [0.3, 0.4) is 0 Å². The van der Waals surface area contributed by atoms with E-state index in [1.165, 1.54) is 0 Å². The number of hydrazine groups is 1. The maximum Gasteiger partial charge on any atom is 0.331 e. The number of nitrogens with zero attached hydrogens (tertiary/aromatic N) is 2. The molecule has 3 aliphatic rings. The van der Waals surface area contributed by atoms with E-state index in [0.29, 0.717) is 17.6 Å². The summed E-state index contributed by atoms with van der Waals surface area (Å²) in [6.07, 6.45) is 3.73. The van der Waals surface area contributed by atoms with Gasteiger partial charge in [0.15, 0.2) is 5.50 Å².